The normalized spacial score (nSPS) is 17.2. The SMILES string of the molecule is CN=C(NCCCn1nc(C)cc1C)NCCC1CCCN(C(=O)OC(C)(C)C)C1.I. The molecule has 178 valence electrons. The van der Waals surface area contributed by atoms with E-state index in [0.717, 1.165) is 70.1 Å². The molecule has 0 radical (unpaired) electrons. The average molecular weight is 549 g/mol. The van der Waals surface area contributed by atoms with Crippen LogP contribution in [-0.2, 0) is 11.3 Å². The Morgan fingerprint density at radius 3 is 2.61 bits per heavy atom. The number of hydrogen-bond donors (Lipinski definition) is 2. The molecule has 2 heterocycles. The van der Waals surface area contributed by atoms with Crippen molar-refractivity contribution in [2.75, 3.05) is 33.2 Å². The highest BCUT2D eigenvalue weighted by molar-refractivity contribution is 14.0. The summed E-state index contributed by atoms with van der Waals surface area (Å²) < 4.78 is 7.57. The van der Waals surface area contributed by atoms with Crippen molar-refractivity contribution in [2.45, 2.75) is 72.4 Å². The second-order valence-corrected chi connectivity index (χ2v) is 9.15. The van der Waals surface area contributed by atoms with Gasteiger partial charge in [-0.2, -0.15) is 5.10 Å². The summed E-state index contributed by atoms with van der Waals surface area (Å²) in [6, 6.07) is 2.10. The number of amides is 1. The van der Waals surface area contributed by atoms with Crippen molar-refractivity contribution in [3.63, 3.8) is 0 Å². The maximum Gasteiger partial charge on any atom is 0.410 e. The number of aliphatic imine (C=N–C) groups is 1. The van der Waals surface area contributed by atoms with Crippen LogP contribution in [0.5, 0.6) is 0 Å². The van der Waals surface area contributed by atoms with Crippen LogP contribution in [0.4, 0.5) is 4.79 Å². The summed E-state index contributed by atoms with van der Waals surface area (Å²) in [5.41, 5.74) is 1.81. The van der Waals surface area contributed by atoms with Gasteiger partial charge in [0.1, 0.15) is 5.60 Å². The first kappa shape index (κ1) is 27.5. The molecule has 1 aromatic heterocycles. The van der Waals surface area contributed by atoms with Gasteiger partial charge in [0.2, 0.25) is 0 Å². The topological polar surface area (TPSA) is 83.8 Å². The number of likely N-dealkylation sites (tertiary alicyclic amines) is 1. The Bertz CT molecular complexity index is 713. The van der Waals surface area contributed by atoms with Crippen LogP contribution in [0.2, 0.25) is 0 Å². The third kappa shape index (κ3) is 10.1. The molecule has 0 saturated carbocycles. The monoisotopic (exact) mass is 548 g/mol. The van der Waals surface area contributed by atoms with E-state index in [1.807, 2.05) is 37.3 Å². The molecule has 1 saturated heterocycles. The third-order valence-corrected chi connectivity index (χ3v) is 5.18. The van der Waals surface area contributed by atoms with Gasteiger partial charge in [0.25, 0.3) is 0 Å². The molecule has 0 spiro atoms. The Morgan fingerprint density at radius 2 is 2.00 bits per heavy atom. The fourth-order valence-electron chi connectivity index (χ4n) is 3.75. The third-order valence-electron chi connectivity index (χ3n) is 5.18. The Labute approximate surface area is 204 Å². The van der Waals surface area contributed by atoms with Crippen molar-refractivity contribution >= 4 is 36.0 Å². The van der Waals surface area contributed by atoms with Crippen LogP contribution >= 0.6 is 24.0 Å². The Balaban J connectivity index is 0.00000480. The van der Waals surface area contributed by atoms with Crippen LogP contribution in [0.1, 0.15) is 57.8 Å². The first-order valence-corrected chi connectivity index (χ1v) is 11.1. The van der Waals surface area contributed by atoms with Crippen LogP contribution in [-0.4, -0.2) is 65.6 Å². The molecule has 9 heteroatoms. The molecule has 8 nitrogen and oxygen atoms in total. The van der Waals surface area contributed by atoms with E-state index in [2.05, 4.69) is 33.7 Å². The maximum absolute atomic E-state index is 12.3. The summed E-state index contributed by atoms with van der Waals surface area (Å²) in [6.07, 6.45) is 3.97. The minimum Gasteiger partial charge on any atom is -0.444 e. The van der Waals surface area contributed by atoms with Crippen LogP contribution in [0.25, 0.3) is 0 Å². The summed E-state index contributed by atoms with van der Waals surface area (Å²) in [7, 11) is 1.79. The van der Waals surface area contributed by atoms with Crippen LogP contribution in [0.15, 0.2) is 11.1 Å². The second-order valence-electron chi connectivity index (χ2n) is 9.15. The number of ether oxygens (including phenoxy) is 1. The predicted molar refractivity (Wildman–Crippen MR) is 136 cm³/mol. The van der Waals surface area contributed by atoms with Gasteiger partial charge in [-0.1, -0.05) is 0 Å². The highest BCUT2D eigenvalue weighted by atomic mass is 127. The number of aromatic nitrogens is 2. The largest absolute Gasteiger partial charge is 0.444 e. The number of piperidine rings is 1. The minimum atomic E-state index is -0.446. The van der Waals surface area contributed by atoms with Gasteiger partial charge in [-0.25, -0.2) is 4.79 Å². The molecule has 0 aliphatic carbocycles. The Kier molecular flexibility index (Phi) is 11.6. The van der Waals surface area contributed by atoms with E-state index in [1.165, 1.54) is 5.69 Å². The number of carbonyl (C=O) groups excluding carboxylic acids is 1. The number of nitrogens with one attached hydrogen (secondary N) is 2. The smallest absolute Gasteiger partial charge is 0.410 e. The number of carbonyl (C=O) groups is 1. The van der Waals surface area contributed by atoms with Gasteiger partial charge in [0.15, 0.2) is 5.96 Å². The Hall–Kier alpha value is -1.52. The zero-order valence-corrected chi connectivity index (χ0v) is 22.4. The van der Waals surface area contributed by atoms with Gasteiger partial charge in [-0.05, 0) is 72.3 Å². The van der Waals surface area contributed by atoms with Gasteiger partial charge >= 0.3 is 6.09 Å². The molecule has 0 bridgehead atoms. The molecule has 1 aliphatic heterocycles. The zero-order chi connectivity index (χ0) is 22.1. The molecule has 31 heavy (non-hydrogen) atoms. The lowest BCUT2D eigenvalue weighted by Crippen LogP contribution is -2.44. The summed E-state index contributed by atoms with van der Waals surface area (Å²) in [6.45, 7) is 14.0. The molecule has 1 aliphatic rings. The fourth-order valence-corrected chi connectivity index (χ4v) is 3.75. The van der Waals surface area contributed by atoms with Crippen molar-refractivity contribution < 1.29 is 9.53 Å². The van der Waals surface area contributed by atoms with Crippen LogP contribution < -0.4 is 10.6 Å². The molecular formula is C22H41IN6O2. The number of halogens is 1. The van der Waals surface area contributed by atoms with Gasteiger partial charge < -0.3 is 20.3 Å². The molecular weight excluding hydrogens is 507 g/mol. The van der Waals surface area contributed by atoms with Crippen molar-refractivity contribution in [3.8, 4) is 0 Å². The molecule has 1 amide bonds. The predicted octanol–water partition coefficient (Wildman–Crippen LogP) is 3.71. The first-order valence-electron chi connectivity index (χ1n) is 11.1. The number of hydrogen-bond acceptors (Lipinski definition) is 4. The number of rotatable bonds is 7. The van der Waals surface area contributed by atoms with E-state index in [9.17, 15) is 4.79 Å². The van der Waals surface area contributed by atoms with Crippen LogP contribution in [0.3, 0.4) is 0 Å². The minimum absolute atomic E-state index is 0. The number of nitrogens with zero attached hydrogens (tertiary/aromatic N) is 4. The molecule has 2 rings (SSSR count). The summed E-state index contributed by atoms with van der Waals surface area (Å²) in [5.74, 6) is 1.31. The van der Waals surface area contributed by atoms with Gasteiger partial charge in [0.05, 0.1) is 5.69 Å². The molecule has 1 atom stereocenters. The lowest BCUT2D eigenvalue weighted by Gasteiger charge is -2.34. The molecule has 0 aromatic carbocycles. The van der Waals surface area contributed by atoms with E-state index in [-0.39, 0.29) is 30.1 Å². The standard InChI is InChI=1S/C22H40N6O2.HI/c1-17-15-18(2)28(26-17)14-8-11-24-20(23-6)25-12-10-19-9-7-13-27(16-19)21(29)30-22(3,4)5;/h15,19H,7-14,16H2,1-6H3,(H2,23,24,25);1H. The lowest BCUT2D eigenvalue weighted by molar-refractivity contribution is 0.0162. The summed E-state index contributed by atoms with van der Waals surface area (Å²) >= 11 is 0. The van der Waals surface area contributed by atoms with Crippen molar-refractivity contribution in [1.29, 1.82) is 0 Å². The second kappa shape index (κ2) is 13.1. The van der Waals surface area contributed by atoms with E-state index >= 15 is 0 Å². The average Bonchev–Trinajstić information content (AvgIpc) is 2.99. The van der Waals surface area contributed by atoms with Crippen molar-refractivity contribution in [1.82, 2.24) is 25.3 Å². The van der Waals surface area contributed by atoms with E-state index in [1.54, 1.807) is 7.05 Å². The van der Waals surface area contributed by atoms with Crippen LogP contribution in [0, 0.1) is 19.8 Å². The van der Waals surface area contributed by atoms with E-state index < -0.39 is 5.60 Å². The summed E-state index contributed by atoms with van der Waals surface area (Å²) in [5, 5.41) is 11.3. The lowest BCUT2D eigenvalue weighted by atomic mass is 9.95. The fraction of sp³-hybridized carbons (Fsp3) is 0.773. The molecule has 1 aromatic rings. The quantitative estimate of drug-likeness (QED) is 0.235. The highest BCUT2D eigenvalue weighted by Crippen LogP contribution is 2.21. The van der Waals surface area contributed by atoms with E-state index in [4.69, 9.17) is 4.74 Å². The van der Waals surface area contributed by atoms with E-state index in [0.29, 0.717) is 5.92 Å². The Morgan fingerprint density at radius 1 is 1.29 bits per heavy atom. The molecule has 1 unspecified atom stereocenters. The van der Waals surface area contributed by atoms with Crippen molar-refractivity contribution in [2.24, 2.45) is 10.9 Å². The highest BCUT2D eigenvalue weighted by Gasteiger charge is 2.27. The first-order chi connectivity index (χ1) is 14.2. The zero-order valence-electron chi connectivity index (χ0n) is 20.0. The van der Waals surface area contributed by atoms with Gasteiger partial charge in [-0.3, -0.25) is 9.67 Å². The maximum atomic E-state index is 12.3. The number of aryl methyl sites for hydroxylation is 3. The number of guanidine groups is 1. The summed E-state index contributed by atoms with van der Waals surface area (Å²) in [4.78, 5) is 18.5. The molecule has 1 fully saturated rings. The van der Waals surface area contributed by atoms with Gasteiger partial charge in [0, 0.05) is 45.5 Å². The van der Waals surface area contributed by atoms with Gasteiger partial charge in [-0.15, -0.1) is 24.0 Å². The van der Waals surface area contributed by atoms with Crippen molar-refractivity contribution in [3.05, 3.63) is 17.5 Å². The molecule has 2 N–H and O–H groups in total.